The van der Waals surface area contributed by atoms with Gasteiger partial charge in [-0.3, -0.25) is 4.90 Å². The SMILES string of the molecule is C/C(=C\c1ccccc1)CN1CCC(C(C)O)C1. The van der Waals surface area contributed by atoms with Crippen LogP contribution < -0.4 is 0 Å². The van der Waals surface area contributed by atoms with Crippen molar-refractivity contribution in [2.24, 2.45) is 5.92 Å². The van der Waals surface area contributed by atoms with E-state index in [9.17, 15) is 5.11 Å². The Morgan fingerprint density at radius 1 is 1.44 bits per heavy atom. The van der Waals surface area contributed by atoms with Crippen molar-refractivity contribution in [1.82, 2.24) is 4.90 Å². The first kappa shape index (κ1) is 13.3. The van der Waals surface area contributed by atoms with Crippen LogP contribution in [0.1, 0.15) is 25.8 Å². The van der Waals surface area contributed by atoms with Crippen LogP contribution in [0.25, 0.3) is 6.08 Å². The second kappa shape index (κ2) is 6.17. The van der Waals surface area contributed by atoms with Crippen molar-refractivity contribution >= 4 is 6.08 Å². The average molecular weight is 245 g/mol. The zero-order valence-electron chi connectivity index (χ0n) is 11.3. The Labute approximate surface area is 110 Å². The first-order chi connectivity index (χ1) is 8.65. The van der Waals surface area contributed by atoms with Crippen molar-refractivity contribution < 1.29 is 5.11 Å². The van der Waals surface area contributed by atoms with Crippen molar-refractivity contribution in [2.45, 2.75) is 26.4 Å². The molecule has 1 aromatic carbocycles. The van der Waals surface area contributed by atoms with Gasteiger partial charge in [0.2, 0.25) is 0 Å². The van der Waals surface area contributed by atoms with Crippen molar-refractivity contribution in [3.8, 4) is 0 Å². The number of aliphatic hydroxyl groups is 1. The van der Waals surface area contributed by atoms with Crippen LogP contribution in [0.4, 0.5) is 0 Å². The van der Waals surface area contributed by atoms with Gasteiger partial charge in [-0.25, -0.2) is 0 Å². The smallest absolute Gasteiger partial charge is 0.0552 e. The highest BCUT2D eigenvalue weighted by Crippen LogP contribution is 2.20. The second-order valence-electron chi connectivity index (χ2n) is 5.43. The highest BCUT2D eigenvalue weighted by Gasteiger charge is 2.25. The zero-order chi connectivity index (χ0) is 13.0. The summed E-state index contributed by atoms with van der Waals surface area (Å²) in [5.41, 5.74) is 2.65. The topological polar surface area (TPSA) is 23.5 Å². The molecule has 1 aliphatic rings. The van der Waals surface area contributed by atoms with Gasteiger partial charge >= 0.3 is 0 Å². The fraction of sp³-hybridized carbons (Fsp3) is 0.500. The minimum absolute atomic E-state index is 0.173. The number of benzene rings is 1. The number of rotatable bonds is 4. The molecule has 2 rings (SSSR count). The van der Waals surface area contributed by atoms with Crippen molar-refractivity contribution in [3.63, 3.8) is 0 Å². The highest BCUT2D eigenvalue weighted by atomic mass is 16.3. The van der Waals surface area contributed by atoms with Crippen LogP contribution in [-0.2, 0) is 0 Å². The van der Waals surface area contributed by atoms with E-state index >= 15 is 0 Å². The van der Waals surface area contributed by atoms with Crippen molar-refractivity contribution in [2.75, 3.05) is 19.6 Å². The molecule has 0 amide bonds. The van der Waals surface area contributed by atoms with Gasteiger partial charge in [0.15, 0.2) is 0 Å². The molecule has 2 heteroatoms. The van der Waals surface area contributed by atoms with Gasteiger partial charge in [-0.15, -0.1) is 0 Å². The molecular weight excluding hydrogens is 222 g/mol. The molecule has 2 unspecified atom stereocenters. The molecule has 1 aliphatic heterocycles. The van der Waals surface area contributed by atoms with Gasteiger partial charge in [0.1, 0.15) is 0 Å². The molecule has 0 aromatic heterocycles. The van der Waals surface area contributed by atoms with E-state index in [4.69, 9.17) is 0 Å². The minimum Gasteiger partial charge on any atom is -0.393 e. The Kier molecular flexibility index (Phi) is 4.56. The Hall–Kier alpha value is -1.12. The minimum atomic E-state index is -0.173. The molecule has 2 atom stereocenters. The molecule has 0 bridgehead atoms. The molecule has 0 aliphatic carbocycles. The summed E-state index contributed by atoms with van der Waals surface area (Å²) in [7, 11) is 0. The van der Waals surface area contributed by atoms with Crippen LogP contribution in [0, 0.1) is 5.92 Å². The van der Waals surface area contributed by atoms with Crippen LogP contribution in [0.2, 0.25) is 0 Å². The largest absolute Gasteiger partial charge is 0.393 e. The predicted octanol–water partition coefficient (Wildman–Crippen LogP) is 2.79. The van der Waals surface area contributed by atoms with E-state index in [1.165, 1.54) is 11.1 Å². The van der Waals surface area contributed by atoms with E-state index in [1.54, 1.807) is 0 Å². The monoisotopic (exact) mass is 245 g/mol. The van der Waals surface area contributed by atoms with Crippen molar-refractivity contribution in [3.05, 3.63) is 41.5 Å². The maximum absolute atomic E-state index is 9.60. The maximum atomic E-state index is 9.60. The lowest BCUT2D eigenvalue weighted by Crippen LogP contribution is -2.25. The molecular formula is C16H23NO. The van der Waals surface area contributed by atoms with Gasteiger partial charge in [-0.05, 0) is 38.3 Å². The summed E-state index contributed by atoms with van der Waals surface area (Å²) < 4.78 is 0. The average Bonchev–Trinajstić information content (AvgIpc) is 2.78. The molecule has 0 radical (unpaired) electrons. The van der Waals surface area contributed by atoms with Gasteiger partial charge in [0.05, 0.1) is 6.10 Å². The standard InChI is InChI=1S/C16H23NO/c1-13(10-15-6-4-3-5-7-15)11-17-9-8-16(12-17)14(2)18/h3-7,10,14,16,18H,8-9,11-12H2,1-2H3/b13-10+. The Morgan fingerprint density at radius 2 is 2.17 bits per heavy atom. The molecule has 1 N–H and O–H groups in total. The van der Waals surface area contributed by atoms with Crippen LogP contribution in [0.15, 0.2) is 35.9 Å². The Balaban J connectivity index is 1.89. The first-order valence-corrected chi connectivity index (χ1v) is 6.78. The summed E-state index contributed by atoms with van der Waals surface area (Å²) in [6.45, 7) is 7.23. The number of hydrogen-bond donors (Lipinski definition) is 1. The number of hydrogen-bond acceptors (Lipinski definition) is 2. The Morgan fingerprint density at radius 3 is 2.78 bits per heavy atom. The van der Waals surface area contributed by atoms with Crippen LogP contribution >= 0.6 is 0 Å². The quantitative estimate of drug-likeness (QED) is 0.881. The van der Waals surface area contributed by atoms with E-state index in [2.05, 4.69) is 42.2 Å². The summed E-state index contributed by atoms with van der Waals surface area (Å²) in [5.74, 6) is 0.453. The molecule has 0 spiro atoms. The third-order valence-electron chi connectivity index (χ3n) is 3.68. The van der Waals surface area contributed by atoms with E-state index in [1.807, 2.05) is 13.0 Å². The molecule has 0 saturated carbocycles. The fourth-order valence-electron chi connectivity index (χ4n) is 2.63. The summed E-state index contributed by atoms with van der Waals surface area (Å²) in [6.07, 6.45) is 3.19. The van der Waals surface area contributed by atoms with E-state index in [0.29, 0.717) is 5.92 Å². The third-order valence-corrected chi connectivity index (χ3v) is 3.68. The molecule has 1 heterocycles. The molecule has 2 nitrogen and oxygen atoms in total. The number of nitrogens with zero attached hydrogens (tertiary/aromatic N) is 1. The molecule has 18 heavy (non-hydrogen) atoms. The second-order valence-corrected chi connectivity index (χ2v) is 5.43. The lowest BCUT2D eigenvalue weighted by Gasteiger charge is -2.17. The predicted molar refractivity (Wildman–Crippen MR) is 76.3 cm³/mol. The summed E-state index contributed by atoms with van der Waals surface area (Å²) >= 11 is 0. The number of aliphatic hydroxyl groups excluding tert-OH is 1. The van der Waals surface area contributed by atoms with Gasteiger partial charge in [0, 0.05) is 13.1 Å². The van der Waals surface area contributed by atoms with Crippen LogP contribution in [-0.4, -0.2) is 35.7 Å². The molecule has 1 saturated heterocycles. The third kappa shape index (κ3) is 3.69. The van der Waals surface area contributed by atoms with Crippen LogP contribution in [0.3, 0.4) is 0 Å². The van der Waals surface area contributed by atoms with E-state index in [-0.39, 0.29) is 6.10 Å². The number of likely N-dealkylation sites (tertiary alicyclic amines) is 1. The molecule has 1 fully saturated rings. The zero-order valence-corrected chi connectivity index (χ0v) is 11.3. The lowest BCUT2D eigenvalue weighted by atomic mass is 10.0. The Bertz CT molecular complexity index is 397. The van der Waals surface area contributed by atoms with Gasteiger partial charge < -0.3 is 5.11 Å². The van der Waals surface area contributed by atoms with Crippen LogP contribution in [0.5, 0.6) is 0 Å². The highest BCUT2D eigenvalue weighted by molar-refractivity contribution is 5.52. The van der Waals surface area contributed by atoms with Gasteiger partial charge in [0.25, 0.3) is 0 Å². The summed E-state index contributed by atoms with van der Waals surface area (Å²) in [4.78, 5) is 2.44. The van der Waals surface area contributed by atoms with E-state index in [0.717, 1.165) is 26.1 Å². The normalized spacial score (nSPS) is 23.3. The van der Waals surface area contributed by atoms with Gasteiger partial charge in [-0.1, -0.05) is 42.0 Å². The first-order valence-electron chi connectivity index (χ1n) is 6.78. The molecule has 98 valence electrons. The molecule has 1 aromatic rings. The summed E-state index contributed by atoms with van der Waals surface area (Å²) in [5, 5.41) is 9.60. The van der Waals surface area contributed by atoms with E-state index < -0.39 is 0 Å². The van der Waals surface area contributed by atoms with Crippen molar-refractivity contribution in [1.29, 1.82) is 0 Å². The summed E-state index contributed by atoms with van der Waals surface area (Å²) in [6, 6.07) is 10.4. The lowest BCUT2D eigenvalue weighted by molar-refractivity contribution is 0.128. The fourth-order valence-corrected chi connectivity index (χ4v) is 2.63. The maximum Gasteiger partial charge on any atom is 0.0552 e. The van der Waals surface area contributed by atoms with Gasteiger partial charge in [-0.2, -0.15) is 0 Å².